The van der Waals surface area contributed by atoms with Gasteiger partial charge in [-0.25, -0.2) is 0 Å². The summed E-state index contributed by atoms with van der Waals surface area (Å²) in [6.45, 7) is 1.53. The molecule has 20 heavy (non-hydrogen) atoms. The zero-order valence-electron chi connectivity index (χ0n) is 11.7. The van der Waals surface area contributed by atoms with Gasteiger partial charge in [-0.15, -0.1) is 0 Å². The number of nitrogens with zero attached hydrogens (tertiary/aromatic N) is 2. The molecule has 0 unspecified atom stereocenters. The van der Waals surface area contributed by atoms with Crippen LogP contribution in [-0.2, 0) is 4.74 Å². The van der Waals surface area contributed by atoms with Crippen molar-refractivity contribution in [1.82, 2.24) is 4.98 Å². The van der Waals surface area contributed by atoms with Gasteiger partial charge in [-0.3, -0.25) is 4.98 Å². The van der Waals surface area contributed by atoms with Crippen LogP contribution in [0.25, 0.3) is 0 Å². The fourth-order valence-corrected chi connectivity index (χ4v) is 2.43. The Kier molecular flexibility index (Phi) is 5.78. The van der Waals surface area contributed by atoms with E-state index < -0.39 is 0 Å². The summed E-state index contributed by atoms with van der Waals surface area (Å²) in [5.74, 6) is 0. The molecule has 1 fully saturated rings. The maximum Gasteiger partial charge on any atom is 0.101 e. The molecule has 3 N–H and O–H groups in total. The molecule has 1 aliphatic carbocycles. The first-order valence-electron chi connectivity index (χ1n) is 7.24. The quantitative estimate of drug-likeness (QED) is 0.775. The number of nitrogens with two attached hydrogens (primary N) is 1. The Morgan fingerprint density at radius 3 is 2.95 bits per heavy atom. The van der Waals surface area contributed by atoms with Crippen LogP contribution in [0.15, 0.2) is 18.5 Å². The van der Waals surface area contributed by atoms with Crippen molar-refractivity contribution < 1.29 is 4.74 Å². The van der Waals surface area contributed by atoms with E-state index in [0.717, 1.165) is 50.9 Å². The smallest absolute Gasteiger partial charge is 0.101 e. The molecule has 2 rings (SSSR count). The first-order chi connectivity index (χ1) is 9.79. The molecule has 0 saturated heterocycles. The fourth-order valence-electron chi connectivity index (χ4n) is 2.43. The van der Waals surface area contributed by atoms with E-state index in [1.54, 1.807) is 18.5 Å². The molecule has 1 heterocycles. The summed E-state index contributed by atoms with van der Waals surface area (Å²) in [5, 5.41) is 12.2. The maximum absolute atomic E-state index is 8.96. The predicted octanol–water partition coefficient (Wildman–Crippen LogP) is 2.04. The molecule has 0 amide bonds. The molecule has 5 heteroatoms. The van der Waals surface area contributed by atoms with Gasteiger partial charge in [-0.05, 0) is 38.2 Å². The van der Waals surface area contributed by atoms with Crippen molar-refractivity contribution in [1.29, 1.82) is 5.26 Å². The molecule has 1 aliphatic rings. The van der Waals surface area contributed by atoms with E-state index >= 15 is 0 Å². The Morgan fingerprint density at radius 1 is 1.40 bits per heavy atom. The summed E-state index contributed by atoms with van der Waals surface area (Å²) in [6, 6.07) is 4.23. The van der Waals surface area contributed by atoms with Gasteiger partial charge in [0.15, 0.2) is 0 Å². The van der Waals surface area contributed by atoms with Gasteiger partial charge in [0.1, 0.15) is 6.07 Å². The lowest BCUT2D eigenvalue weighted by atomic mass is 9.94. The van der Waals surface area contributed by atoms with Crippen LogP contribution in [0.5, 0.6) is 0 Å². The van der Waals surface area contributed by atoms with Gasteiger partial charge in [0, 0.05) is 25.4 Å². The average Bonchev–Trinajstić information content (AvgIpc) is 2.49. The second-order valence-corrected chi connectivity index (χ2v) is 5.22. The minimum atomic E-state index is 0.367. The van der Waals surface area contributed by atoms with Crippen molar-refractivity contribution in [3.8, 4) is 6.07 Å². The number of ether oxygens (including phenoxy) is 1. The Hall–Kier alpha value is -1.64. The number of pyridine rings is 1. The van der Waals surface area contributed by atoms with Gasteiger partial charge in [0.25, 0.3) is 0 Å². The monoisotopic (exact) mass is 274 g/mol. The number of aromatic nitrogens is 1. The Labute approximate surface area is 120 Å². The third kappa shape index (κ3) is 4.48. The second kappa shape index (κ2) is 7.83. The van der Waals surface area contributed by atoms with E-state index in [9.17, 15) is 0 Å². The molecule has 0 atom stereocenters. The van der Waals surface area contributed by atoms with E-state index in [-0.39, 0.29) is 0 Å². The number of nitrogens with one attached hydrogen (secondary N) is 1. The molecule has 0 spiro atoms. The van der Waals surface area contributed by atoms with Crippen LogP contribution < -0.4 is 11.1 Å². The molecule has 1 aromatic heterocycles. The summed E-state index contributed by atoms with van der Waals surface area (Å²) in [7, 11) is 0. The summed E-state index contributed by atoms with van der Waals surface area (Å²) in [4.78, 5) is 4.02. The minimum Gasteiger partial charge on any atom is -0.383 e. The standard InChI is InChI=1S/C15H22N4O/c16-10-12-6-8-18-11-15(12)19-7-1-9-20-14-4-2-13(17)3-5-14/h6,8,11,13-14,19H,1-5,7,9,17H2. The minimum absolute atomic E-state index is 0.367. The second-order valence-electron chi connectivity index (χ2n) is 5.22. The molecule has 5 nitrogen and oxygen atoms in total. The Bertz CT molecular complexity index is 449. The number of hydrogen-bond donors (Lipinski definition) is 2. The predicted molar refractivity (Wildman–Crippen MR) is 78.2 cm³/mol. The van der Waals surface area contributed by atoms with Crippen LogP contribution in [-0.4, -0.2) is 30.3 Å². The van der Waals surface area contributed by atoms with E-state index in [2.05, 4.69) is 16.4 Å². The zero-order valence-corrected chi connectivity index (χ0v) is 11.7. The molecule has 1 saturated carbocycles. The highest BCUT2D eigenvalue weighted by Gasteiger charge is 2.18. The highest BCUT2D eigenvalue weighted by Crippen LogP contribution is 2.19. The van der Waals surface area contributed by atoms with Crippen LogP contribution in [0.2, 0.25) is 0 Å². The average molecular weight is 274 g/mol. The lowest BCUT2D eigenvalue weighted by molar-refractivity contribution is 0.0251. The summed E-state index contributed by atoms with van der Waals surface area (Å²) in [6.07, 6.45) is 8.91. The van der Waals surface area contributed by atoms with Gasteiger partial charge in [-0.2, -0.15) is 5.26 Å². The fraction of sp³-hybridized carbons (Fsp3) is 0.600. The third-order valence-electron chi connectivity index (χ3n) is 3.65. The zero-order chi connectivity index (χ0) is 14.2. The lowest BCUT2D eigenvalue weighted by Gasteiger charge is -2.26. The molecule has 0 aliphatic heterocycles. The van der Waals surface area contributed by atoms with Crippen LogP contribution in [0.3, 0.4) is 0 Å². The summed E-state index contributed by atoms with van der Waals surface area (Å²) in [5.41, 5.74) is 7.28. The number of rotatable bonds is 6. The lowest BCUT2D eigenvalue weighted by Crippen LogP contribution is -2.30. The molecular weight excluding hydrogens is 252 g/mol. The van der Waals surface area contributed by atoms with Crippen molar-refractivity contribution in [2.24, 2.45) is 5.73 Å². The Morgan fingerprint density at radius 2 is 2.20 bits per heavy atom. The normalized spacial score (nSPS) is 22.2. The van der Waals surface area contributed by atoms with Crippen molar-refractivity contribution in [2.45, 2.75) is 44.2 Å². The highest BCUT2D eigenvalue weighted by atomic mass is 16.5. The van der Waals surface area contributed by atoms with Crippen LogP contribution in [0.1, 0.15) is 37.7 Å². The largest absolute Gasteiger partial charge is 0.383 e. The molecule has 0 aromatic carbocycles. The molecule has 108 valence electrons. The van der Waals surface area contributed by atoms with E-state index in [1.807, 2.05) is 0 Å². The topological polar surface area (TPSA) is 84.0 Å². The molecular formula is C15H22N4O. The SMILES string of the molecule is N#Cc1ccncc1NCCCOC1CCC(N)CC1. The van der Waals surface area contributed by atoms with Gasteiger partial charge in [0.05, 0.1) is 23.6 Å². The number of nitriles is 1. The number of anilines is 1. The Balaban J connectivity index is 1.61. The van der Waals surface area contributed by atoms with E-state index in [1.165, 1.54) is 0 Å². The molecule has 0 bridgehead atoms. The maximum atomic E-state index is 8.96. The van der Waals surface area contributed by atoms with Gasteiger partial charge < -0.3 is 15.8 Å². The van der Waals surface area contributed by atoms with Crippen LogP contribution in [0.4, 0.5) is 5.69 Å². The summed E-state index contributed by atoms with van der Waals surface area (Å²) < 4.78 is 5.85. The van der Waals surface area contributed by atoms with E-state index in [0.29, 0.717) is 17.7 Å². The van der Waals surface area contributed by atoms with Crippen molar-refractivity contribution in [3.05, 3.63) is 24.0 Å². The first kappa shape index (κ1) is 14.8. The van der Waals surface area contributed by atoms with Crippen molar-refractivity contribution in [2.75, 3.05) is 18.5 Å². The van der Waals surface area contributed by atoms with Gasteiger partial charge >= 0.3 is 0 Å². The molecule has 0 radical (unpaired) electrons. The summed E-state index contributed by atoms with van der Waals surface area (Å²) >= 11 is 0. The van der Waals surface area contributed by atoms with Crippen molar-refractivity contribution >= 4 is 5.69 Å². The third-order valence-corrected chi connectivity index (χ3v) is 3.65. The highest BCUT2D eigenvalue weighted by molar-refractivity contribution is 5.55. The van der Waals surface area contributed by atoms with Gasteiger partial charge in [-0.1, -0.05) is 0 Å². The van der Waals surface area contributed by atoms with Crippen molar-refractivity contribution in [3.63, 3.8) is 0 Å². The van der Waals surface area contributed by atoms with Crippen LogP contribution in [0, 0.1) is 11.3 Å². The van der Waals surface area contributed by atoms with Gasteiger partial charge in [0.2, 0.25) is 0 Å². The van der Waals surface area contributed by atoms with Crippen LogP contribution >= 0.6 is 0 Å². The van der Waals surface area contributed by atoms with E-state index in [4.69, 9.17) is 15.7 Å². The molecule has 1 aromatic rings. The first-order valence-corrected chi connectivity index (χ1v) is 7.24. The number of hydrogen-bond acceptors (Lipinski definition) is 5.